The Morgan fingerprint density at radius 3 is 2.34 bits per heavy atom. The Kier molecular flexibility index (Phi) is 5.49. The van der Waals surface area contributed by atoms with Crippen molar-refractivity contribution in [3.05, 3.63) is 94.5 Å². The number of urea groups is 1. The molecule has 1 heterocycles. The molecule has 1 aliphatic heterocycles. The summed E-state index contributed by atoms with van der Waals surface area (Å²) >= 11 is 5.95. The van der Waals surface area contributed by atoms with Gasteiger partial charge in [-0.3, -0.25) is 4.79 Å². The van der Waals surface area contributed by atoms with E-state index in [9.17, 15) is 9.59 Å². The lowest BCUT2D eigenvalue weighted by Gasteiger charge is -2.29. The van der Waals surface area contributed by atoms with E-state index in [1.54, 1.807) is 24.3 Å². The highest BCUT2D eigenvalue weighted by Gasteiger charge is 2.22. The molecule has 1 aliphatic rings. The van der Waals surface area contributed by atoms with E-state index in [-0.39, 0.29) is 11.9 Å². The zero-order valence-corrected chi connectivity index (χ0v) is 16.4. The first kappa shape index (κ1) is 19.0. The summed E-state index contributed by atoms with van der Waals surface area (Å²) in [4.78, 5) is 26.9. The normalized spacial score (nSPS) is 12.8. The molecule has 0 atom stereocenters. The molecule has 0 aliphatic carbocycles. The van der Waals surface area contributed by atoms with Crippen LogP contribution in [0, 0.1) is 0 Å². The van der Waals surface area contributed by atoms with Gasteiger partial charge >= 0.3 is 6.03 Å². The maximum absolute atomic E-state index is 12.7. The first-order valence-corrected chi connectivity index (χ1v) is 9.76. The van der Waals surface area contributed by atoms with Crippen LogP contribution in [0.1, 0.15) is 21.5 Å². The number of amides is 3. The number of carbonyl (C=O) groups excluding carboxylic acids is 2. The molecular weight excluding hydrogens is 386 g/mol. The Morgan fingerprint density at radius 2 is 1.59 bits per heavy atom. The molecule has 3 aromatic rings. The van der Waals surface area contributed by atoms with E-state index in [2.05, 4.69) is 10.6 Å². The molecule has 0 saturated carbocycles. The van der Waals surface area contributed by atoms with E-state index in [1.807, 2.05) is 53.4 Å². The number of nitrogens with one attached hydrogen (secondary N) is 2. The Balaban J connectivity index is 1.44. The Morgan fingerprint density at radius 1 is 0.828 bits per heavy atom. The first-order valence-electron chi connectivity index (χ1n) is 9.38. The van der Waals surface area contributed by atoms with Crippen LogP contribution in [0.2, 0.25) is 5.02 Å². The molecule has 0 aromatic heterocycles. The average molecular weight is 406 g/mol. The highest BCUT2D eigenvalue weighted by Crippen LogP contribution is 2.24. The van der Waals surface area contributed by atoms with Gasteiger partial charge in [-0.1, -0.05) is 41.9 Å². The quantitative estimate of drug-likeness (QED) is 0.630. The average Bonchev–Trinajstić information content (AvgIpc) is 2.73. The number of hydrogen-bond acceptors (Lipinski definition) is 2. The summed E-state index contributed by atoms with van der Waals surface area (Å²) in [5.74, 6) is 0.0216. The predicted octanol–water partition coefficient (Wildman–Crippen LogP) is 5.18. The molecule has 146 valence electrons. The second-order valence-electron chi connectivity index (χ2n) is 6.92. The smallest absolute Gasteiger partial charge is 0.323 e. The lowest BCUT2D eigenvalue weighted by atomic mass is 9.98. The van der Waals surface area contributed by atoms with E-state index < -0.39 is 0 Å². The van der Waals surface area contributed by atoms with Crippen LogP contribution in [0.25, 0.3) is 0 Å². The van der Waals surface area contributed by atoms with Gasteiger partial charge in [0.1, 0.15) is 0 Å². The maximum atomic E-state index is 12.7. The number of rotatable bonds is 3. The molecule has 0 radical (unpaired) electrons. The van der Waals surface area contributed by atoms with Crippen LogP contribution in [0.3, 0.4) is 0 Å². The second-order valence-corrected chi connectivity index (χ2v) is 7.35. The van der Waals surface area contributed by atoms with Crippen molar-refractivity contribution in [2.24, 2.45) is 0 Å². The Bertz CT molecular complexity index is 1050. The Hall–Kier alpha value is -3.31. The minimum Gasteiger partial charge on any atom is -0.334 e. The van der Waals surface area contributed by atoms with Gasteiger partial charge in [0, 0.05) is 35.1 Å². The summed E-state index contributed by atoms with van der Waals surface area (Å²) in [7, 11) is 0. The zero-order valence-electron chi connectivity index (χ0n) is 15.7. The second kappa shape index (κ2) is 8.37. The number of halogens is 1. The third-order valence-corrected chi connectivity index (χ3v) is 5.10. The summed E-state index contributed by atoms with van der Waals surface area (Å²) in [6, 6.07) is 21.7. The fourth-order valence-electron chi connectivity index (χ4n) is 3.43. The maximum Gasteiger partial charge on any atom is 0.323 e. The van der Waals surface area contributed by atoms with Crippen molar-refractivity contribution in [1.29, 1.82) is 0 Å². The summed E-state index contributed by atoms with van der Waals surface area (Å²) in [6.45, 7) is 1.21. The molecule has 4 rings (SSSR count). The van der Waals surface area contributed by atoms with Crippen LogP contribution in [-0.2, 0) is 13.0 Å². The summed E-state index contributed by atoms with van der Waals surface area (Å²) in [5.41, 5.74) is 4.22. The molecule has 5 nitrogen and oxygen atoms in total. The monoisotopic (exact) mass is 405 g/mol. The standard InChI is InChI=1S/C23H20ClN3O2/c24-19-7-4-8-20(14-19)25-23(29)26-21-10-9-16-11-12-27(15-18(16)13-21)22(28)17-5-2-1-3-6-17/h1-10,13-14H,11-12,15H2,(H2,25,26,29). The number of anilines is 2. The molecule has 0 unspecified atom stereocenters. The lowest BCUT2D eigenvalue weighted by molar-refractivity contribution is 0.0734. The largest absolute Gasteiger partial charge is 0.334 e. The van der Waals surface area contributed by atoms with Crippen molar-refractivity contribution < 1.29 is 9.59 Å². The van der Waals surface area contributed by atoms with E-state index in [0.29, 0.717) is 35.1 Å². The van der Waals surface area contributed by atoms with Gasteiger partial charge in [-0.25, -0.2) is 4.79 Å². The summed E-state index contributed by atoms with van der Waals surface area (Å²) < 4.78 is 0. The molecule has 0 spiro atoms. The summed E-state index contributed by atoms with van der Waals surface area (Å²) in [5, 5.41) is 6.16. The van der Waals surface area contributed by atoms with E-state index in [1.165, 1.54) is 5.56 Å². The van der Waals surface area contributed by atoms with Crippen molar-refractivity contribution >= 4 is 34.9 Å². The van der Waals surface area contributed by atoms with Crippen LogP contribution in [0.15, 0.2) is 72.8 Å². The third-order valence-electron chi connectivity index (χ3n) is 4.87. The highest BCUT2D eigenvalue weighted by molar-refractivity contribution is 6.30. The fourth-order valence-corrected chi connectivity index (χ4v) is 3.62. The van der Waals surface area contributed by atoms with Gasteiger partial charge in [0.15, 0.2) is 0 Å². The minimum absolute atomic E-state index is 0.0216. The fraction of sp³-hybridized carbons (Fsp3) is 0.130. The van der Waals surface area contributed by atoms with E-state index >= 15 is 0 Å². The van der Waals surface area contributed by atoms with Crippen LogP contribution < -0.4 is 10.6 Å². The van der Waals surface area contributed by atoms with Crippen molar-refractivity contribution in [3.8, 4) is 0 Å². The molecule has 3 amide bonds. The number of benzene rings is 3. The number of fused-ring (bicyclic) bond motifs is 1. The van der Waals surface area contributed by atoms with E-state index in [0.717, 1.165) is 12.0 Å². The van der Waals surface area contributed by atoms with Gasteiger partial charge in [-0.05, 0) is 60.0 Å². The predicted molar refractivity (Wildman–Crippen MR) is 115 cm³/mol. The molecular formula is C23H20ClN3O2. The van der Waals surface area contributed by atoms with Crippen LogP contribution in [0.4, 0.5) is 16.2 Å². The van der Waals surface area contributed by atoms with Gasteiger partial charge in [-0.2, -0.15) is 0 Å². The van der Waals surface area contributed by atoms with Gasteiger partial charge in [0.25, 0.3) is 5.91 Å². The molecule has 3 aromatic carbocycles. The topological polar surface area (TPSA) is 61.4 Å². The Labute approximate surface area is 174 Å². The SMILES string of the molecule is O=C(Nc1cccc(Cl)c1)Nc1ccc2c(c1)CN(C(=O)c1ccccc1)CC2. The molecule has 6 heteroatoms. The van der Waals surface area contributed by atoms with Crippen molar-refractivity contribution in [1.82, 2.24) is 4.90 Å². The van der Waals surface area contributed by atoms with Gasteiger partial charge in [0.2, 0.25) is 0 Å². The summed E-state index contributed by atoms with van der Waals surface area (Å²) in [6.07, 6.45) is 0.795. The highest BCUT2D eigenvalue weighted by atomic mass is 35.5. The first-order chi connectivity index (χ1) is 14.1. The van der Waals surface area contributed by atoms with Crippen LogP contribution >= 0.6 is 11.6 Å². The zero-order chi connectivity index (χ0) is 20.2. The van der Waals surface area contributed by atoms with Crippen molar-refractivity contribution in [3.63, 3.8) is 0 Å². The number of carbonyl (C=O) groups is 2. The van der Waals surface area contributed by atoms with E-state index in [4.69, 9.17) is 11.6 Å². The molecule has 29 heavy (non-hydrogen) atoms. The lowest BCUT2D eigenvalue weighted by Crippen LogP contribution is -2.36. The molecule has 0 bridgehead atoms. The van der Waals surface area contributed by atoms with Crippen LogP contribution in [-0.4, -0.2) is 23.4 Å². The van der Waals surface area contributed by atoms with Crippen molar-refractivity contribution in [2.75, 3.05) is 17.2 Å². The third kappa shape index (κ3) is 4.58. The number of hydrogen-bond donors (Lipinski definition) is 2. The molecule has 0 fully saturated rings. The number of nitrogens with zero attached hydrogens (tertiary/aromatic N) is 1. The van der Waals surface area contributed by atoms with Gasteiger partial charge in [-0.15, -0.1) is 0 Å². The minimum atomic E-state index is -0.347. The van der Waals surface area contributed by atoms with Crippen LogP contribution in [0.5, 0.6) is 0 Å². The van der Waals surface area contributed by atoms with Crippen molar-refractivity contribution in [2.45, 2.75) is 13.0 Å². The molecule has 2 N–H and O–H groups in total. The van der Waals surface area contributed by atoms with Gasteiger partial charge < -0.3 is 15.5 Å². The van der Waals surface area contributed by atoms with Gasteiger partial charge in [0.05, 0.1) is 0 Å². The molecule has 0 saturated heterocycles.